The van der Waals surface area contributed by atoms with Crippen LogP contribution < -0.4 is 0 Å². The van der Waals surface area contributed by atoms with Gasteiger partial charge in [-0.1, -0.05) is 6.92 Å². The van der Waals surface area contributed by atoms with E-state index in [9.17, 15) is 9.59 Å². The van der Waals surface area contributed by atoms with E-state index < -0.39 is 5.97 Å². The zero-order valence-electron chi connectivity index (χ0n) is 10.3. The third-order valence-corrected chi connectivity index (χ3v) is 2.40. The number of esters is 2. The number of hydrogen-bond donors (Lipinski definition) is 0. The summed E-state index contributed by atoms with van der Waals surface area (Å²) in [4.78, 5) is 23.0. The number of carbonyl (C=O) groups is 2. The van der Waals surface area contributed by atoms with Crippen LogP contribution in [0.25, 0.3) is 0 Å². The molecule has 0 aromatic heterocycles. The van der Waals surface area contributed by atoms with E-state index in [0.29, 0.717) is 24.2 Å². The summed E-state index contributed by atoms with van der Waals surface area (Å²) in [5, 5.41) is 0. The van der Waals surface area contributed by atoms with Gasteiger partial charge < -0.3 is 9.47 Å². The van der Waals surface area contributed by atoms with Crippen molar-refractivity contribution >= 4 is 11.9 Å². The van der Waals surface area contributed by atoms with Gasteiger partial charge in [0.1, 0.15) is 0 Å². The molecule has 0 heterocycles. The van der Waals surface area contributed by atoms with Gasteiger partial charge in [0.2, 0.25) is 0 Å². The van der Waals surface area contributed by atoms with Crippen molar-refractivity contribution in [3.05, 3.63) is 34.9 Å². The Balaban J connectivity index is 3.08. The topological polar surface area (TPSA) is 52.6 Å². The number of rotatable bonds is 4. The molecule has 1 aromatic carbocycles. The first-order valence-electron chi connectivity index (χ1n) is 5.52. The van der Waals surface area contributed by atoms with Crippen LogP contribution in [0.15, 0.2) is 18.2 Å². The minimum Gasteiger partial charge on any atom is -0.465 e. The van der Waals surface area contributed by atoms with Crippen LogP contribution in [0, 0.1) is 0 Å². The van der Waals surface area contributed by atoms with Gasteiger partial charge in [-0.25, -0.2) is 9.59 Å². The maximum atomic E-state index is 11.5. The number of methoxy groups -OCH3 is 1. The standard InChI is InChI=1S/C13H16O4/c1-4-9-8-10(12(14)17-5-2)6-7-11(9)13(15)16-3/h6-8H,4-5H2,1-3H3. The summed E-state index contributed by atoms with van der Waals surface area (Å²) in [5.41, 5.74) is 1.72. The molecule has 4 nitrogen and oxygen atoms in total. The van der Waals surface area contributed by atoms with Gasteiger partial charge in [0, 0.05) is 0 Å². The molecule has 0 aliphatic rings. The Kier molecular flexibility index (Phi) is 4.69. The van der Waals surface area contributed by atoms with Crippen molar-refractivity contribution in [2.45, 2.75) is 20.3 Å². The third-order valence-electron chi connectivity index (χ3n) is 2.40. The molecule has 0 atom stereocenters. The molecule has 0 spiro atoms. The van der Waals surface area contributed by atoms with E-state index in [0.717, 1.165) is 5.56 Å². The Morgan fingerprint density at radius 2 is 1.88 bits per heavy atom. The first kappa shape index (κ1) is 13.2. The second-order valence-electron chi connectivity index (χ2n) is 3.44. The average Bonchev–Trinajstić information content (AvgIpc) is 2.37. The van der Waals surface area contributed by atoms with E-state index in [2.05, 4.69) is 4.74 Å². The summed E-state index contributed by atoms with van der Waals surface area (Å²) in [6.07, 6.45) is 0.650. The van der Waals surface area contributed by atoms with Crippen molar-refractivity contribution < 1.29 is 19.1 Å². The fraction of sp³-hybridized carbons (Fsp3) is 0.385. The zero-order valence-corrected chi connectivity index (χ0v) is 10.3. The molecule has 0 saturated heterocycles. The minimum absolute atomic E-state index is 0.332. The predicted molar refractivity (Wildman–Crippen MR) is 63.1 cm³/mol. The molecule has 0 fully saturated rings. The molecule has 1 rings (SSSR count). The van der Waals surface area contributed by atoms with E-state index >= 15 is 0 Å². The lowest BCUT2D eigenvalue weighted by Gasteiger charge is -2.08. The Hall–Kier alpha value is -1.84. The molecular weight excluding hydrogens is 220 g/mol. The molecule has 0 radical (unpaired) electrons. The second kappa shape index (κ2) is 6.03. The summed E-state index contributed by atoms with van der Waals surface area (Å²) < 4.78 is 9.57. The highest BCUT2D eigenvalue weighted by molar-refractivity contribution is 5.94. The van der Waals surface area contributed by atoms with Crippen LogP contribution in [0.4, 0.5) is 0 Å². The summed E-state index contributed by atoms with van der Waals surface area (Å²) >= 11 is 0. The Morgan fingerprint density at radius 3 is 2.41 bits per heavy atom. The van der Waals surface area contributed by atoms with Crippen LogP contribution in [0.2, 0.25) is 0 Å². The Bertz CT molecular complexity index is 423. The molecule has 0 aliphatic heterocycles. The predicted octanol–water partition coefficient (Wildman–Crippen LogP) is 2.21. The molecule has 0 aliphatic carbocycles. The van der Waals surface area contributed by atoms with Gasteiger partial charge in [-0.3, -0.25) is 0 Å². The largest absolute Gasteiger partial charge is 0.465 e. The van der Waals surface area contributed by atoms with E-state index in [4.69, 9.17) is 4.74 Å². The van der Waals surface area contributed by atoms with Crippen molar-refractivity contribution in [1.82, 2.24) is 0 Å². The normalized spacial score (nSPS) is 9.82. The molecule has 4 heteroatoms. The summed E-state index contributed by atoms with van der Waals surface area (Å²) in [6.45, 7) is 4.00. The van der Waals surface area contributed by atoms with Crippen molar-refractivity contribution in [1.29, 1.82) is 0 Å². The smallest absolute Gasteiger partial charge is 0.338 e. The number of carbonyl (C=O) groups excluding carboxylic acids is 2. The highest BCUT2D eigenvalue weighted by Crippen LogP contribution is 2.15. The van der Waals surface area contributed by atoms with Crippen molar-refractivity contribution in [2.75, 3.05) is 13.7 Å². The maximum absolute atomic E-state index is 11.5. The lowest BCUT2D eigenvalue weighted by Crippen LogP contribution is -2.09. The maximum Gasteiger partial charge on any atom is 0.338 e. The van der Waals surface area contributed by atoms with Gasteiger partial charge >= 0.3 is 11.9 Å². The van der Waals surface area contributed by atoms with Crippen LogP contribution in [0.1, 0.15) is 40.1 Å². The number of ether oxygens (including phenoxy) is 2. The molecular formula is C13H16O4. The van der Waals surface area contributed by atoms with Gasteiger partial charge in [-0.05, 0) is 37.1 Å². The second-order valence-corrected chi connectivity index (χ2v) is 3.44. The molecule has 92 valence electrons. The highest BCUT2D eigenvalue weighted by atomic mass is 16.5. The fourth-order valence-corrected chi connectivity index (χ4v) is 1.54. The van der Waals surface area contributed by atoms with Gasteiger partial charge in [0.15, 0.2) is 0 Å². The van der Waals surface area contributed by atoms with Crippen LogP contribution in [0.3, 0.4) is 0 Å². The molecule has 0 saturated carbocycles. The van der Waals surface area contributed by atoms with Crippen LogP contribution >= 0.6 is 0 Å². The molecule has 0 N–H and O–H groups in total. The monoisotopic (exact) mass is 236 g/mol. The van der Waals surface area contributed by atoms with Crippen LogP contribution in [-0.4, -0.2) is 25.7 Å². The minimum atomic E-state index is -0.391. The quantitative estimate of drug-likeness (QED) is 0.752. The van der Waals surface area contributed by atoms with Gasteiger partial charge in [-0.2, -0.15) is 0 Å². The molecule has 1 aromatic rings. The van der Waals surface area contributed by atoms with E-state index in [1.54, 1.807) is 25.1 Å². The zero-order chi connectivity index (χ0) is 12.8. The Labute approximate surface area is 101 Å². The van der Waals surface area contributed by atoms with Gasteiger partial charge in [0.25, 0.3) is 0 Å². The first-order valence-corrected chi connectivity index (χ1v) is 5.52. The van der Waals surface area contributed by atoms with Crippen molar-refractivity contribution in [2.24, 2.45) is 0 Å². The summed E-state index contributed by atoms with van der Waals surface area (Å²) in [6, 6.07) is 4.84. The van der Waals surface area contributed by atoms with E-state index in [1.807, 2.05) is 6.92 Å². The van der Waals surface area contributed by atoms with Gasteiger partial charge in [-0.15, -0.1) is 0 Å². The molecule has 0 unspecified atom stereocenters. The first-order chi connectivity index (χ1) is 8.13. The number of hydrogen-bond acceptors (Lipinski definition) is 4. The van der Waals surface area contributed by atoms with Crippen LogP contribution in [0.5, 0.6) is 0 Å². The summed E-state index contributed by atoms with van der Waals surface area (Å²) in [5.74, 6) is -0.768. The molecule has 0 amide bonds. The van der Waals surface area contributed by atoms with Crippen molar-refractivity contribution in [3.63, 3.8) is 0 Å². The van der Waals surface area contributed by atoms with E-state index in [-0.39, 0.29) is 5.97 Å². The van der Waals surface area contributed by atoms with Crippen molar-refractivity contribution in [3.8, 4) is 0 Å². The molecule has 0 bridgehead atoms. The average molecular weight is 236 g/mol. The number of benzene rings is 1. The number of aryl methyl sites for hydroxylation is 1. The van der Waals surface area contributed by atoms with E-state index in [1.165, 1.54) is 7.11 Å². The lowest BCUT2D eigenvalue weighted by molar-refractivity contribution is 0.0523. The fourth-order valence-electron chi connectivity index (χ4n) is 1.54. The summed E-state index contributed by atoms with van der Waals surface area (Å²) in [7, 11) is 1.33. The highest BCUT2D eigenvalue weighted by Gasteiger charge is 2.14. The Morgan fingerprint density at radius 1 is 1.18 bits per heavy atom. The van der Waals surface area contributed by atoms with Gasteiger partial charge in [0.05, 0.1) is 24.8 Å². The molecule has 17 heavy (non-hydrogen) atoms. The third kappa shape index (κ3) is 3.06. The van der Waals surface area contributed by atoms with Crippen LogP contribution in [-0.2, 0) is 15.9 Å². The SMILES string of the molecule is CCOC(=O)c1ccc(C(=O)OC)c(CC)c1. The lowest BCUT2D eigenvalue weighted by atomic mass is 10.0.